The van der Waals surface area contributed by atoms with Gasteiger partial charge in [-0.2, -0.15) is 0 Å². The van der Waals surface area contributed by atoms with Crippen molar-refractivity contribution >= 4 is 15.9 Å². The van der Waals surface area contributed by atoms with Gasteiger partial charge in [-0.25, -0.2) is 8.42 Å². The van der Waals surface area contributed by atoms with Crippen LogP contribution in [0.15, 0.2) is 0 Å². The van der Waals surface area contributed by atoms with E-state index in [1.54, 1.807) is 0 Å². The number of carbonyl (C=O) groups excluding carboxylic acids is 1. The number of piperidine rings is 1. The lowest BCUT2D eigenvalue weighted by molar-refractivity contribution is -0.121. The first-order valence-corrected chi connectivity index (χ1v) is 6.93. The van der Waals surface area contributed by atoms with Crippen LogP contribution in [0.2, 0.25) is 0 Å². The zero-order valence-electron chi connectivity index (χ0n) is 8.53. The molecule has 1 heterocycles. The molecule has 86 valence electrons. The lowest BCUT2D eigenvalue weighted by Gasteiger charge is -2.22. The lowest BCUT2D eigenvalue weighted by atomic mass is 10.1. The van der Waals surface area contributed by atoms with Crippen LogP contribution in [-0.4, -0.2) is 32.2 Å². The summed E-state index contributed by atoms with van der Waals surface area (Å²) >= 11 is 0. The molecule has 15 heavy (non-hydrogen) atoms. The molecule has 1 aliphatic carbocycles. The molecule has 0 aromatic carbocycles. The van der Waals surface area contributed by atoms with Crippen LogP contribution < -0.4 is 10.0 Å². The molecule has 2 N–H and O–H groups in total. The van der Waals surface area contributed by atoms with E-state index in [0.29, 0.717) is 12.8 Å². The second-order valence-corrected chi connectivity index (χ2v) is 6.17. The van der Waals surface area contributed by atoms with Crippen LogP contribution in [0, 0.1) is 0 Å². The van der Waals surface area contributed by atoms with E-state index >= 15 is 0 Å². The number of carbonyl (C=O) groups is 1. The van der Waals surface area contributed by atoms with Gasteiger partial charge < -0.3 is 5.32 Å². The molecule has 1 atom stereocenters. The summed E-state index contributed by atoms with van der Waals surface area (Å²) in [6.07, 6.45) is 4.13. The van der Waals surface area contributed by atoms with Gasteiger partial charge in [0, 0.05) is 0 Å². The highest BCUT2D eigenvalue weighted by Gasteiger charge is 2.38. The van der Waals surface area contributed by atoms with Crippen LogP contribution in [0.5, 0.6) is 0 Å². The Labute approximate surface area is 89.7 Å². The van der Waals surface area contributed by atoms with Crippen LogP contribution in [0.25, 0.3) is 0 Å². The van der Waals surface area contributed by atoms with E-state index in [0.717, 1.165) is 25.8 Å². The summed E-state index contributed by atoms with van der Waals surface area (Å²) in [5, 5.41) is 2.70. The minimum Gasteiger partial charge on any atom is -0.306 e. The predicted octanol–water partition coefficient (Wildman–Crippen LogP) is -0.263. The molecular weight excluding hydrogens is 216 g/mol. The number of hydrogen-bond acceptors (Lipinski definition) is 4. The van der Waals surface area contributed by atoms with Crippen molar-refractivity contribution in [3.05, 3.63) is 0 Å². The molecule has 2 fully saturated rings. The molecule has 2 aliphatic rings. The summed E-state index contributed by atoms with van der Waals surface area (Å²) in [5.74, 6) is -0.387. The molecule has 1 saturated heterocycles. The molecule has 6 heteroatoms. The third-order valence-electron chi connectivity index (χ3n) is 2.83. The van der Waals surface area contributed by atoms with Crippen molar-refractivity contribution in [1.82, 2.24) is 10.0 Å². The van der Waals surface area contributed by atoms with E-state index in [-0.39, 0.29) is 17.2 Å². The summed E-state index contributed by atoms with van der Waals surface area (Å²) in [6.45, 7) is 0.793. The van der Waals surface area contributed by atoms with Crippen molar-refractivity contribution in [2.45, 2.75) is 43.4 Å². The van der Waals surface area contributed by atoms with Crippen molar-refractivity contribution in [3.8, 4) is 0 Å². The molecule has 2 rings (SSSR count). The number of rotatable bonds is 3. The molecule has 0 aromatic heterocycles. The van der Waals surface area contributed by atoms with Crippen molar-refractivity contribution in [2.24, 2.45) is 0 Å². The standard InChI is InChI=1S/C9H16N2O3S/c12-9(8-3-1-2-6-10-8)11-15(13,14)7-4-5-7/h7-8,10H,1-6H2,(H,11,12)/t8-/m0/s1. The summed E-state index contributed by atoms with van der Waals surface area (Å²) in [6, 6.07) is -0.327. The van der Waals surface area contributed by atoms with Crippen molar-refractivity contribution in [1.29, 1.82) is 0 Å². The molecule has 5 nitrogen and oxygen atoms in total. The maximum absolute atomic E-state index is 11.6. The van der Waals surface area contributed by atoms with Gasteiger partial charge >= 0.3 is 0 Å². The average Bonchev–Trinajstić information content (AvgIpc) is 3.01. The maximum atomic E-state index is 11.6. The van der Waals surface area contributed by atoms with Crippen molar-refractivity contribution in [2.75, 3.05) is 6.54 Å². The van der Waals surface area contributed by atoms with E-state index < -0.39 is 10.0 Å². The third kappa shape index (κ3) is 2.69. The normalized spacial score (nSPS) is 27.3. The largest absolute Gasteiger partial charge is 0.306 e. The fourth-order valence-corrected chi connectivity index (χ4v) is 3.09. The predicted molar refractivity (Wildman–Crippen MR) is 55.7 cm³/mol. The monoisotopic (exact) mass is 232 g/mol. The Morgan fingerprint density at radius 3 is 2.47 bits per heavy atom. The zero-order chi connectivity index (χ0) is 10.9. The van der Waals surface area contributed by atoms with Crippen molar-refractivity contribution in [3.63, 3.8) is 0 Å². The highest BCUT2D eigenvalue weighted by atomic mass is 32.2. The molecular formula is C9H16N2O3S. The SMILES string of the molecule is O=C(NS(=O)(=O)C1CC1)[C@@H]1CCCCN1. The Bertz CT molecular complexity index is 342. The molecule has 0 unspecified atom stereocenters. The molecule has 0 radical (unpaired) electrons. The zero-order valence-corrected chi connectivity index (χ0v) is 9.35. The first kappa shape index (κ1) is 10.9. The van der Waals surface area contributed by atoms with Gasteiger partial charge in [0.05, 0.1) is 11.3 Å². The van der Waals surface area contributed by atoms with Gasteiger partial charge in [0.2, 0.25) is 10.0 Å². The van der Waals surface area contributed by atoms with E-state index in [4.69, 9.17) is 0 Å². The minimum absolute atomic E-state index is 0.327. The first-order valence-electron chi connectivity index (χ1n) is 5.38. The van der Waals surface area contributed by atoms with Crippen LogP contribution in [0.4, 0.5) is 0 Å². The van der Waals surface area contributed by atoms with Crippen molar-refractivity contribution < 1.29 is 13.2 Å². The maximum Gasteiger partial charge on any atom is 0.250 e. The van der Waals surface area contributed by atoms with Crippen LogP contribution >= 0.6 is 0 Å². The van der Waals surface area contributed by atoms with Gasteiger partial charge in [0.25, 0.3) is 5.91 Å². The van der Waals surface area contributed by atoms with Gasteiger partial charge in [-0.15, -0.1) is 0 Å². The van der Waals surface area contributed by atoms with Crippen LogP contribution in [0.3, 0.4) is 0 Å². The topological polar surface area (TPSA) is 75.3 Å². The highest BCUT2D eigenvalue weighted by Crippen LogP contribution is 2.27. The third-order valence-corrected chi connectivity index (χ3v) is 4.67. The number of hydrogen-bond donors (Lipinski definition) is 2. The quantitative estimate of drug-likeness (QED) is 0.703. The van der Waals surface area contributed by atoms with Gasteiger partial charge in [-0.3, -0.25) is 9.52 Å². The number of amides is 1. The first-order chi connectivity index (χ1) is 7.09. The second kappa shape index (κ2) is 4.09. The highest BCUT2D eigenvalue weighted by molar-refractivity contribution is 7.90. The Balaban J connectivity index is 1.90. The summed E-state index contributed by atoms with van der Waals surface area (Å²) in [4.78, 5) is 11.6. The molecule has 0 bridgehead atoms. The molecule has 1 amide bonds. The van der Waals surface area contributed by atoms with Crippen LogP contribution in [0.1, 0.15) is 32.1 Å². The van der Waals surface area contributed by atoms with E-state index in [1.807, 2.05) is 0 Å². The summed E-state index contributed by atoms with van der Waals surface area (Å²) in [5.41, 5.74) is 0. The van der Waals surface area contributed by atoms with E-state index in [9.17, 15) is 13.2 Å². The molecule has 0 spiro atoms. The average molecular weight is 232 g/mol. The summed E-state index contributed by atoms with van der Waals surface area (Å²) < 4.78 is 25.1. The summed E-state index contributed by atoms with van der Waals surface area (Å²) in [7, 11) is -3.38. The van der Waals surface area contributed by atoms with Gasteiger partial charge in [0.15, 0.2) is 0 Å². The van der Waals surface area contributed by atoms with Gasteiger partial charge in [0.1, 0.15) is 0 Å². The Kier molecular flexibility index (Phi) is 2.97. The molecule has 1 aliphatic heterocycles. The van der Waals surface area contributed by atoms with Gasteiger partial charge in [-0.1, -0.05) is 6.42 Å². The van der Waals surface area contributed by atoms with Crippen LogP contribution in [-0.2, 0) is 14.8 Å². The van der Waals surface area contributed by atoms with E-state index in [2.05, 4.69) is 10.0 Å². The smallest absolute Gasteiger partial charge is 0.250 e. The lowest BCUT2D eigenvalue weighted by Crippen LogP contribution is -2.48. The number of nitrogens with one attached hydrogen (secondary N) is 2. The minimum atomic E-state index is -3.38. The van der Waals surface area contributed by atoms with Gasteiger partial charge in [-0.05, 0) is 32.2 Å². The number of sulfonamides is 1. The molecule has 0 aromatic rings. The Hall–Kier alpha value is -0.620. The van der Waals surface area contributed by atoms with E-state index in [1.165, 1.54) is 0 Å². The molecule has 1 saturated carbocycles. The Morgan fingerprint density at radius 1 is 1.20 bits per heavy atom. The fraction of sp³-hybridized carbons (Fsp3) is 0.889. The second-order valence-electron chi connectivity index (χ2n) is 4.21. The fourth-order valence-electron chi connectivity index (χ4n) is 1.75. The Morgan fingerprint density at radius 2 is 1.93 bits per heavy atom.